The topological polar surface area (TPSA) is 33.2 Å². The fourth-order valence-electron chi connectivity index (χ4n) is 2.56. The van der Waals surface area contributed by atoms with Crippen LogP contribution in [-0.4, -0.2) is 28.9 Å². The zero-order valence-electron chi connectivity index (χ0n) is 11.4. The predicted octanol–water partition coefficient (Wildman–Crippen LogP) is 3.46. The number of hydrogen-bond donors (Lipinski definition) is 0. The summed E-state index contributed by atoms with van der Waals surface area (Å²) >= 11 is 7.26. The lowest BCUT2D eigenvalue weighted by Crippen LogP contribution is -2.33. The van der Waals surface area contributed by atoms with Crippen molar-refractivity contribution in [3.63, 3.8) is 0 Å². The van der Waals surface area contributed by atoms with E-state index in [0.29, 0.717) is 12.3 Å². The molecular weight excluding hydrogens is 280 g/mol. The van der Waals surface area contributed by atoms with Crippen LogP contribution in [0.25, 0.3) is 0 Å². The Morgan fingerprint density at radius 3 is 3.05 bits per heavy atom. The number of carbonyl (C=O) groups excluding carboxylic acids is 1. The normalized spacial score (nSPS) is 20.3. The minimum absolute atomic E-state index is 0.215. The third-order valence-electron chi connectivity index (χ3n) is 3.82. The van der Waals surface area contributed by atoms with Gasteiger partial charge in [-0.05, 0) is 25.2 Å². The molecule has 2 heterocycles. The van der Waals surface area contributed by atoms with Gasteiger partial charge in [0.1, 0.15) is 5.01 Å². The number of halogens is 1. The lowest BCUT2D eigenvalue weighted by atomic mass is 9.98. The Balaban J connectivity index is 1.88. The minimum Gasteiger partial charge on any atom is -0.342 e. The summed E-state index contributed by atoms with van der Waals surface area (Å²) in [5, 5.41) is 2.82. The maximum absolute atomic E-state index is 12.3. The smallest absolute Gasteiger partial charge is 0.229 e. The summed E-state index contributed by atoms with van der Waals surface area (Å²) in [6.07, 6.45) is 5.20. The van der Waals surface area contributed by atoms with Crippen molar-refractivity contribution in [3.05, 3.63) is 16.1 Å². The molecule has 5 heteroatoms. The van der Waals surface area contributed by atoms with Crippen LogP contribution in [0.1, 0.15) is 43.3 Å². The van der Waals surface area contributed by atoms with Gasteiger partial charge < -0.3 is 4.90 Å². The molecule has 0 N–H and O–H groups in total. The summed E-state index contributed by atoms with van der Waals surface area (Å²) in [5.74, 6) is 1.43. The molecule has 2 rings (SSSR count). The Morgan fingerprint density at radius 1 is 1.53 bits per heavy atom. The SMILES string of the molecule is CCC1CCCN(C(=O)Cc2nc(CCl)cs2)CC1. The Labute approximate surface area is 124 Å². The Hall–Kier alpha value is -0.610. The monoisotopic (exact) mass is 300 g/mol. The summed E-state index contributed by atoms with van der Waals surface area (Å²) in [7, 11) is 0. The summed E-state index contributed by atoms with van der Waals surface area (Å²) in [6, 6.07) is 0. The van der Waals surface area contributed by atoms with Gasteiger partial charge in [-0.25, -0.2) is 4.98 Å². The van der Waals surface area contributed by atoms with Crippen molar-refractivity contribution in [2.45, 2.75) is 44.9 Å². The minimum atomic E-state index is 0.215. The molecule has 19 heavy (non-hydrogen) atoms. The van der Waals surface area contributed by atoms with Gasteiger partial charge in [-0.3, -0.25) is 4.79 Å². The second-order valence-corrected chi connectivity index (χ2v) is 6.34. The molecule has 1 unspecified atom stereocenters. The van der Waals surface area contributed by atoms with Gasteiger partial charge in [0.05, 0.1) is 18.0 Å². The average molecular weight is 301 g/mol. The molecule has 1 aliphatic rings. The lowest BCUT2D eigenvalue weighted by molar-refractivity contribution is -0.130. The van der Waals surface area contributed by atoms with Crippen molar-refractivity contribution in [1.29, 1.82) is 0 Å². The van der Waals surface area contributed by atoms with E-state index in [1.54, 1.807) is 0 Å². The first kappa shape index (κ1) is 14.8. The molecule has 0 radical (unpaired) electrons. The number of aromatic nitrogens is 1. The van der Waals surface area contributed by atoms with Gasteiger partial charge >= 0.3 is 0 Å². The summed E-state index contributed by atoms with van der Waals surface area (Å²) in [6.45, 7) is 4.06. The molecular formula is C14H21ClN2OS. The van der Waals surface area contributed by atoms with Crippen LogP contribution in [0.15, 0.2) is 5.38 Å². The molecule has 106 valence electrons. The van der Waals surface area contributed by atoms with Crippen LogP contribution >= 0.6 is 22.9 Å². The average Bonchev–Trinajstić information content (AvgIpc) is 2.73. The second kappa shape index (κ2) is 7.25. The molecule has 1 amide bonds. The highest BCUT2D eigenvalue weighted by atomic mass is 35.5. The fraction of sp³-hybridized carbons (Fsp3) is 0.714. The van der Waals surface area contributed by atoms with E-state index >= 15 is 0 Å². The van der Waals surface area contributed by atoms with Crippen LogP contribution < -0.4 is 0 Å². The molecule has 0 aromatic carbocycles. The largest absolute Gasteiger partial charge is 0.342 e. The molecule has 1 fully saturated rings. The Bertz CT molecular complexity index is 421. The summed E-state index contributed by atoms with van der Waals surface area (Å²) in [4.78, 5) is 18.6. The van der Waals surface area contributed by atoms with E-state index < -0.39 is 0 Å². The molecule has 1 saturated heterocycles. The van der Waals surface area contributed by atoms with Crippen LogP contribution in [0.3, 0.4) is 0 Å². The van der Waals surface area contributed by atoms with E-state index in [9.17, 15) is 4.79 Å². The van der Waals surface area contributed by atoms with E-state index in [1.165, 1.54) is 24.2 Å². The molecule has 1 aromatic rings. The molecule has 0 bridgehead atoms. The Morgan fingerprint density at radius 2 is 2.37 bits per heavy atom. The molecule has 1 aromatic heterocycles. The van der Waals surface area contributed by atoms with E-state index in [2.05, 4.69) is 11.9 Å². The van der Waals surface area contributed by atoms with E-state index in [0.717, 1.165) is 42.6 Å². The van der Waals surface area contributed by atoms with Crippen molar-refractivity contribution in [3.8, 4) is 0 Å². The van der Waals surface area contributed by atoms with Crippen LogP contribution in [0.5, 0.6) is 0 Å². The van der Waals surface area contributed by atoms with E-state index in [-0.39, 0.29) is 5.91 Å². The summed E-state index contributed by atoms with van der Waals surface area (Å²) in [5.41, 5.74) is 0.872. The first-order chi connectivity index (χ1) is 9.22. The van der Waals surface area contributed by atoms with Crippen molar-refractivity contribution >= 4 is 28.8 Å². The van der Waals surface area contributed by atoms with E-state index in [4.69, 9.17) is 11.6 Å². The van der Waals surface area contributed by atoms with Gasteiger partial charge in [-0.1, -0.05) is 13.3 Å². The third-order valence-corrected chi connectivity index (χ3v) is 4.99. The maximum atomic E-state index is 12.3. The number of hydrogen-bond acceptors (Lipinski definition) is 3. The van der Waals surface area contributed by atoms with Crippen LogP contribution in [0.4, 0.5) is 0 Å². The number of likely N-dealkylation sites (tertiary alicyclic amines) is 1. The first-order valence-corrected chi connectivity index (χ1v) is 8.41. The summed E-state index contributed by atoms with van der Waals surface area (Å²) < 4.78 is 0. The van der Waals surface area contributed by atoms with Crippen molar-refractivity contribution in [2.75, 3.05) is 13.1 Å². The lowest BCUT2D eigenvalue weighted by Gasteiger charge is -2.20. The van der Waals surface area contributed by atoms with Gasteiger partial charge in [0.25, 0.3) is 0 Å². The number of amides is 1. The molecule has 3 nitrogen and oxygen atoms in total. The molecule has 0 aliphatic carbocycles. The van der Waals surface area contributed by atoms with Crippen LogP contribution in [0.2, 0.25) is 0 Å². The van der Waals surface area contributed by atoms with Crippen LogP contribution in [-0.2, 0) is 17.1 Å². The fourth-order valence-corrected chi connectivity index (χ4v) is 3.57. The highest BCUT2D eigenvalue weighted by Crippen LogP contribution is 2.21. The number of thiazole rings is 1. The van der Waals surface area contributed by atoms with Gasteiger partial charge in [0.2, 0.25) is 5.91 Å². The second-order valence-electron chi connectivity index (χ2n) is 5.13. The van der Waals surface area contributed by atoms with Gasteiger partial charge in [-0.2, -0.15) is 0 Å². The number of carbonyl (C=O) groups is 1. The first-order valence-electron chi connectivity index (χ1n) is 7.00. The predicted molar refractivity (Wildman–Crippen MR) is 79.6 cm³/mol. The quantitative estimate of drug-likeness (QED) is 0.798. The van der Waals surface area contributed by atoms with Crippen molar-refractivity contribution < 1.29 is 4.79 Å². The zero-order chi connectivity index (χ0) is 13.7. The number of rotatable bonds is 4. The number of alkyl halides is 1. The van der Waals surface area contributed by atoms with Gasteiger partial charge in [0, 0.05) is 18.5 Å². The zero-order valence-corrected chi connectivity index (χ0v) is 13.0. The van der Waals surface area contributed by atoms with Crippen molar-refractivity contribution in [1.82, 2.24) is 9.88 Å². The van der Waals surface area contributed by atoms with Crippen molar-refractivity contribution in [2.24, 2.45) is 5.92 Å². The molecule has 0 spiro atoms. The Kier molecular flexibility index (Phi) is 5.64. The maximum Gasteiger partial charge on any atom is 0.229 e. The standard InChI is InChI=1S/C14H21ClN2OS/c1-2-11-4-3-6-17(7-5-11)14(18)8-13-16-12(9-15)10-19-13/h10-11H,2-9H2,1H3. The van der Waals surface area contributed by atoms with Gasteiger partial charge in [0.15, 0.2) is 0 Å². The number of nitrogens with zero attached hydrogens (tertiary/aromatic N) is 2. The molecule has 1 aliphatic heterocycles. The van der Waals surface area contributed by atoms with Gasteiger partial charge in [-0.15, -0.1) is 22.9 Å². The molecule has 1 atom stereocenters. The van der Waals surface area contributed by atoms with E-state index in [1.807, 2.05) is 10.3 Å². The highest BCUT2D eigenvalue weighted by Gasteiger charge is 2.20. The van der Waals surface area contributed by atoms with Crippen LogP contribution in [0, 0.1) is 5.92 Å². The highest BCUT2D eigenvalue weighted by molar-refractivity contribution is 7.09. The third kappa shape index (κ3) is 4.18. The molecule has 0 saturated carbocycles.